The standard InChI is InChI=1S/C26H30INO5S/c1-5-32-25(29)14-15-28(34(30,31)21-12-10-19(2)11-13-21)18-20-16-26(3,4)17-24(20)33-23-9-7-6-8-22(23)27/h6-16,24H,5,17-18H2,1-4H3/b15-14+. The Morgan fingerprint density at radius 2 is 1.85 bits per heavy atom. The maximum atomic E-state index is 13.5. The molecule has 1 aliphatic rings. The zero-order chi connectivity index (χ0) is 24.9. The van der Waals surface area contributed by atoms with Gasteiger partial charge in [-0.25, -0.2) is 13.2 Å². The lowest BCUT2D eigenvalue weighted by atomic mass is 9.93. The summed E-state index contributed by atoms with van der Waals surface area (Å²) in [5.41, 5.74) is 1.64. The van der Waals surface area contributed by atoms with Gasteiger partial charge in [-0.15, -0.1) is 0 Å². The number of ether oxygens (including phenoxy) is 2. The van der Waals surface area contributed by atoms with E-state index in [0.29, 0.717) is 6.42 Å². The summed E-state index contributed by atoms with van der Waals surface area (Å²) >= 11 is 2.23. The Bertz CT molecular complexity index is 1190. The van der Waals surface area contributed by atoms with Crippen LogP contribution < -0.4 is 4.74 Å². The molecular formula is C26H30INO5S. The monoisotopic (exact) mass is 595 g/mol. The summed E-state index contributed by atoms with van der Waals surface area (Å²) in [6.07, 6.45) is 4.92. The van der Waals surface area contributed by atoms with E-state index < -0.39 is 16.0 Å². The van der Waals surface area contributed by atoms with E-state index in [1.807, 2.05) is 31.2 Å². The lowest BCUT2D eigenvalue weighted by Crippen LogP contribution is -2.32. The van der Waals surface area contributed by atoms with Crippen LogP contribution in [0.25, 0.3) is 0 Å². The maximum absolute atomic E-state index is 13.5. The highest BCUT2D eigenvalue weighted by Crippen LogP contribution is 2.39. The molecule has 1 unspecified atom stereocenters. The van der Waals surface area contributed by atoms with Crippen LogP contribution in [0.4, 0.5) is 0 Å². The third kappa shape index (κ3) is 6.63. The number of halogens is 1. The largest absolute Gasteiger partial charge is 0.485 e. The number of benzene rings is 2. The molecule has 0 fully saturated rings. The Kier molecular flexibility index (Phi) is 8.46. The van der Waals surface area contributed by atoms with Gasteiger partial charge in [0, 0.05) is 12.3 Å². The number of hydrogen-bond donors (Lipinski definition) is 0. The first-order valence-electron chi connectivity index (χ1n) is 11.1. The van der Waals surface area contributed by atoms with Gasteiger partial charge in [0.1, 0.15) is 11.9 Å². The molecule has 0 spiro atoms. The molecule has 0 aromatic heterocycles. The Balaban J connectivity index is 1.95. The molecule has 34 heavy (non-hydrogen) atoms. The minimum Gasteiger partial charge on any atom is -0.485 e. The fourth-order valence-corrected chi connectivity index (χ4v) is 5.60. The molecule has 0 amide bonds. The highest BCUT2D eigenvalue weighted by atomic mass is 127. The molecule has 2 aromatic carbocycles. The summed E-state index contributed by atoms with van der Waals surface area (Å²) in [6.45, 7) is 8.06. The first-order chi connectivity index (χ1) is 16.0. The second kappa shape index (κ2) is 10.9. The average molecular weight is 595 g/mol. The molecule has 6 nitrogen and oxygen atoms in total. The van der Waals surface area contributed by atoms with Crippen LogP contribution in [0.3, 0.4) is 0 Å². The molecule has 0 saturated heterocycles. The summed E-state index contributed by atoms with van der Waals surface area (Å²) in [5, 5.41) is 0. The molecule has 0 N–H and O–H groups in total. The molecule has 0 radical (unpaired) electrons. The molecule has 3 rings (SSSR count). The fraction of sp³-hybridized carbons (Fsp3) is 0.346. The maximum Gasteiger partial charge on any atom is 0.332 e. The number of allylic oxidation sites excluding steroid dienone is 1. The summed E-state index contributed by atoms with van der Waals surface area (Å²) in [7, 11) is -3.92. The molecule has 1 atom stereocenters. The van der Waals surface area contributed by atoms with Crippen molar-refractivity contribution in [2.45, 2.75) is 45.1 Å². The second-order valence-electron chi connectivity index (χ2n) is 8.88. The Labute approximate surface area is 215 Å². The van der Waals surface area contributed by atoms with Gasteiger partial charge in [0.05, 0.1) is 21.6 Å². The van der Waals surface area contributed by atoms with Crippen molar-refractivity contribution < 1.29 is 22.7 Å². The van der Waals surface area contributed by atoms with E-state index in [1.54, 1.807) is 31.2 Å². The van der Waals surface area contributed by atoms with Crippen LogP contribution >= 0.6 is 22.6 Å². The van der Waals surface area contributed by atoms with E-state index in [-0.39, 0.29) is 29.6 Å². The van der Waals surface area contributed by atoms with Gasteiger partial charge in [0.2, 0.25) is 0 Å². The molecular weight excluding hydrogens is 565 g/mol. The quantitative estimate of drug-likeness (QED) is 0.166. The van der Waals surface area contributed by atoms with Crippen LogP contribution in [-0.4, -0.2) is 37.9 Å². The minimum atomic E-state index is -3.92. The third-order valence-corrected chi connectivity index (χ3v) is 8.06. The van der Waals surface area contributed by atoms with Crippen LogP contribution in [-0.2, 0) is 19.6 Å². The smallest absolute Gasteiger partial charge is 0.332 e. The number of nitrogens with zero attached hydrogens (tertiary/aromatic N) is 1. The van der Waals surface area contributed by atoms with E-state index >= 15 is 0 Å². The number of sulfonamides is 1. The van der Waals surface area contributed by atoms with Crippen molar-refractivity contribution >= 4 is 38.6 Å². The number of aryl methyl sites for hydroxylation is 1. The van der Waals surface area contributed by atoms with E-state index in [2.05, 4.69) is 42.5 Å². The van der Waals surface area contributed by atoms with Gasteiger partial charge in [-0.1, -0.05) is 49.8 Å². The first-order valence-corrected chi connectivity index (χ1v) is 13.6. The summed E-state index contributed by atoms with van der Waals surface area (Å²) in [5.74, 6) is 0.158. The normalized spacial score (nSPS) is 17.4. The highest BCUT2D eigenvalue weighted by molar-refractivity contribution is 14.1. The van der Waals surface area contributed by atoms with Crippen molar-refractivity contribution in [1.82, 2.24) is 4.31 Å². The molecule has 182 valence electrons. The zero-order valence-electron chi connectivity index (χ0n) is 19.8. The SMILES string of the molecule is CCOC(=O)/C=C/N(CC1=CC(C)(C)CC1Oc1ccccc1I)S(=O)(=O)c1ccc(C)cc1. The van der Waals surface area contributed by atoms with Crippen LogP contribution in [0, 0.1) is 15.9 Å². The van der Waals surface area contributed by atoms with Gasteiger partial charge in [-0.2, -0.15) is 0 Å². The molecule has 1 aliphatic carbocycles. The molecule has 0 aliphatic heterocycles. The molecule has 2 aromatic rings. The van der Waals surface area contributed by atoms with Crippen molar-refractivity contribution in [3.8, 4) is 5.75 Å². The fourth-order valence-electron chi connectivity index (χ4n) is 3.80. The second-order valence-corrected chi connectivity index (χ2v) is 11.9. The van der Waals surface area contributed by atoms with Crippen LogP contribution in [0.2, 0.25) is 0 Å². The van der Waals surface area contributed by atoms with Crippen molar-refractivity contribution in [3.05, 3.63) is 81.6 Å². The van der Waals surface area contributed by atoms with Crippen molar-refractivity contribution in [2.24, 2.45) is 5.41 Å². The third-order valence-electron chi connectivity index (χ3n) is 5.44. The van der Waals surface area contributed by atoms with Crippen LogP contribution in [0.15, 0.2) is 77.4 Å². The van der Waals surface area contributed by atoms with E-state index in [4.69, 9.17) is 9.47 Å². The average Bonchev–Trinajstić information content (AvgIpc) is 3.06. The summed E-state index contributed by atoms with van der Waals surface area (Å²) in [6, 6.07) is 14.4. The van der Waals surface area contributed by atoms with E-state index in [0.717, 1.165) is 26.5 Å². The van der Waals surface area contributed by atoms with Gasteiger partial charge in [-0.05, 0) is 78.1 Å². The van der Waals surface area contributed by atoms with Gasteiger partial charge in [0.15, 0.2) is 0 Å². The predicted octanol–water partition coefficient (Wildman–Crippen LogP) is 5.47. The zero-order valence-corrected chi connectivity index (χ0v) is 22.8. The Morgan fingerprint density at radius 1 is 1.18 bits per heavy atom. The van der Waals surface area contributed by atoms with E-state index in [1.165, 1.54) is 10.5 Å². The molecule has 0 heterocycles. The lowest BCUT2D eigenvalue weighted by molar-refractivity contribution is -0.137. The number of hydrogen-bond acceptors (Lipinski definition) is 5. The molecule has 0 saturated carbocycles. The predicted molar refractivity (Wildman–Crippen MR) is 141 cm³/mol. The van der Waals surface area contributed by atoms with Crippen LogP contribution in [0.1, 0.15) is 32.8 Å². The molecule has 0 bridgehead atoms. The van der Waals surface area contributed by atoms with Gasteiger partial charge >= 0.3 is 5.97 Å². The van der Waals surface area contributed by atoms with E-state index in [9.17, 15) is 13.2 Å². The highest BCUT2D eigenvalue weighted by Gasteiger charge is 2.36. The Morgan fingerprint density at radius 3 is 2.50 bits per heavy atom. The number of rotatable bonds is 9. The topological polar surface area (TPSA) is 72.9 Å². The van der Waals surface area contributed by atoms with Crippen molar-refractivity contribution in [3.63, 3.8) is 0 Å². The van der Waals surface area contributed by atoms with Crippen molar-refractivity contribution in [1.29, 1.82) is 0 Å². The van der Waals surface area contributed by atoms with Gasteiger partial charge < -0.3 is 9.47 Å². The first kappa shape index (κ1) is 26.3. The minimum absolute atomic E-state index is 0.0592. The van der Waals surface area contributed by atoms with Gasteiger partial charge in [-0.3, -0.25) is 4.31 Å². The summed E-state index contributed by atoms with van der Waals surface area (Å²) < 4.78 is 40.5. The number of carbonyl (C=O) groups excluding carboxylic acids is 1. The molecule has 8 heteroatoms. The Hall–Kier alpha value is -2.33. The lowest BCUT2D eigenvalue weighted by Gasteiger charge is -2.25. The summed E-state index contributed by atoms with van der Waals surface area (Å²) in [4.78, 5) is 12.1. The van der Waals surface area contributed by atoms with Gasteiger partial charge in [0.25, 0.3) is 10.0 Å². The van der Waals surface area contributed by atoms with Crippen LogP contribution in [0.5, 0.6) is 5.75 Å². The number of para-hydroxylation sites is 1. The number of esters is 1. The van der Waals surface area contributed by atoms with Crippen molar-refractivity contribution in [2.75, 3.05) is 13.2 Å². The number of carbonyl (C=O) groups is 1.